The number of nitrogens with zero attached hydrogens (tertiary/aromatic N) is 1. The van der Waals surface area contributed by atoms with E-state index in [1.807, 2.05) is 11.3 Å². The Bertz CT molecular complexity index is 3590. The molecule has 0 radical (unpaired) electrons. The monoisotopic (exact) mass is 937 g/mol. The van der Waals surface area contributed by atoms with Gasteiger partial charge in [0.05, 0.1) is 18.1 Å². The molecule has 67 heavy (non-hydrogen) atoms. The molecular formula is C61H47NSSi4. The SMILES string of the molecule is C[Si]1(c2ccccc2)[Si](c2ccccc2)(c2ccccc2)[Si](c2ccccc2)(c2cccc(-n3c4ccccc4c4c5sc6ccccc6c5ccc43)c2)[Si]1(c1ccccc1)c1ccccc1. The average molecular weight is 938 g/mol. The summed E-state index contributed by atoms with van der Waals surface area (Å²) in [4.78, 5) is 0. The molecule has 12 aromatic rings. The lowest BCUT2D eigenvalue weighted by molar-refractivity contribution is 1.18. The molecule has 3 heterocycles. The summed E-state index contributed by atoms with van der Waals surface area (Å²) in [5.41, 5.74) is 3.74. The molecule has 10 aromatic carbocycles. The summed E-state index contributed by atoms with van der Waals surface area (Å²) < 4.78 is 5.30. The number of hydrogen-bond acceptors (Lipinski definition) is 1. The van der Waals surface area contributed by atoms with E-state index in [0.29, 0.717) is 0 Å². The Labute approximate surface area is 399 Å². The van der Waals surface area contributed by atoms with Crippen LogP contribution < -0.4 is 36.3 Å². The standard InChI is InChI=1S/C61H47NSSi4/c1-64(47-26-8-2-9-27-47)65(48-28-10-3-11-29-48,49-30-12-4-13-31-49)67(52-36-18-7-19-37-52,66(64,50-32-14-5-15-33-50)51-34-16-6-17-35-51)53-38-24-25-46(45-53)62-57-41-22-20-40-56(57)60-58(62)44-43-55-54-39-21-23-42-59(54)63-61(55)60/h2-45H,1H3. The average Bonchev–Trinajstić information content (AvgIpc) is 3.96. The van der Waals surface area contributed by atoms with Crippen molar-refractivity contribution >= 4 is 118 Å². The second-order valence-corrected chi connectivity index (χ2v) is 55.8. The number of hydrogen-bond donors (Lipinski definition) is 0. The van der Waals surface area contributed by atoms with Gasteiger partial charge in [-0.3, -0.25) is 0 Å². The minimum Gasteiger partial charge on any atom is -0.309 e. The van der Waals surface area contributed by atoms with Crippen molar-refractivity contribution in [3.05, 3.63) is 267 Å². The summed E-state index contributed by atoms with van der Waals surface area (Å²) in [5, 5.41) is 16.3. The van der Waals surface area contributed by atoms with Gasteiger partial charge in [0.15, 0.2) is 0 Å². The summed E-state index contributed by atoms with van der Waals surface area (Å²) in [5.74, 6) is 0. The van der Waals surface area contributed by atoms with E-state index in [4.69, 9.17) is 0 Å². The number of benzene rings is 10. The van der Waals surface area contributed by atoms with Crippen molar-refractivity contribution in [3.63, 3.8) is 0 Å². The summed E-state index contributed by atoms with van der Waals surface area (Å²) in [6, 6.07) is 105. The highest BCUT2D eigenvalue weighted by molar-refractivity contribution is 8.25. The third-order valence-corrected chi connectivity index (χ3v) is 97.0. The molecule has 0 unspecified atom stereocenters. The molecular weight excluding hydrogens is 891 g/mol. The Morgan fingerprint density at radius 3 is 1.25 bits per heavy atom. The number of rotatable bonds is 8. The van der Waals surface area contributed by atoms with Crippen molar-refractivity contribution in [1.82, 2.24) is 4.57 Å². The van der Waals surface area contributed by atoms with Gasteiger partial charge in [0.1, 0.15) is 21.3 Å². The Morgan fingerprint density at radius 2 is 0.731 bits per heavy atom. The van der Waals surface area contributed by atoms with Crippen LogP contribution >= 0.6 is 11.3 Å². The van der Waals surface area contributed by atoms with Crippen LogP contribution in [0, 0.1) is 0 Å². The van der Waals surface area contributed by atoms with Crippen LogP contribution in [0.2, 0.25) is 6.55 Å². The van der Waals surface area contributed by atoms with Gasteiger partial charge in [-0.2, -0.15) is 0 Å². The molecule has 2 aromatic heterocycles. The topological polar surface area (TPSA) is 4.93 Å². The molecule has 318 valence electrons. The summed E-state index contributed by atoms with van der Waals surface area (Å²) in [7, 11) is -11.9. The molecule has 1 aliphatic heterocycles. The molecule has 0 spiro atoms. The zero-order valence-corrected chi connectivity index (χ0v) is 42.1. The third-order valence-electron chi connectivity index (χ3n) is 15.7. The first kappa shape index (κ1) is 40.4. The van der Waals surface area contributed by atoms with Crippen LogP contribution in [0.15, 0.2) is 267 Å². The minimum absolute atomic E-state index is 1.23. The van der Waals surface area contributed by atoms with Crippen molar-refractivity contribution < 1.29 is 0 Å². The van der Waals surface area contributed by atoms with Crippen LogP contribution in [0.5, 0.6) is 0 Å². The molecule has 1 aliphatic rings. The minimum atomic E-state index is -3.15. The Kier molecular flexibility index (Phi) is 9.39. The molecule has 1 fully saturated rings. The second kappa shape index (κ2) is 15.6. The number of aromatic nitrogens is 1. The molecule has 1 nitrogen and oxygen atoms in total. The number of para-hydroxylation sites is 1. The largest absolute Gasteiger partial charge is 0.309 e. The van der Waals surface area contributed by atoms with Gasteiger partial charge in [0, 0.05) is 36.6 Å². The Balaban J connectivity index is 1.25. The number of fused-ring (bicyclic) bond motifs is 7. The van der Waals surface area contributed by atoms with Crippen LogP contribution in [-0.4, -0.2) is 33.0 Å². The fourth-order valence-corrected chi connectivity index (χ4v) is 139. The first-order valence-electron chi connectivity index (χ1n) is 23.4. The number of thiophene rings is 1. The van der Waals surface area contributed by atoms with E-state index in [-0.39, 0.29) is 0 Å². The van der Waals surface area contributed by atoms with Gasteiger partial charge < -0.3 is 4.57 Å². The molecule has 1 saturated heterocycles. The van der Waals surface area contributed by atoms with Gasteiger partial charge in [-0.05, 0) is 30.3 Å². The van der Waals surface area contributed by atoms with Crippen molar-refractivity contribution in [1.29, 1.82) is 0 Å². The van der Waals surface area contributed by atoms with Crippen molar-refractivity contribution in [2.24, 2.45) is 0 Å². The Hall–Kier alpha value is -6.91. The molecule has 13 rings (SSSR count). The lowest BCUT2D eigenvalue weighted by Gasteiger charge is -2.78. The normalized spacial score (nSPS) is 18.6. The molecule has 0 aliphatic carbocycles. The maximum absolute atomic E-state index is 3.15. The van der Waals surface area contributed by atoms with Crippen LogP contribution in [0.1, 0.15) is 0 Å². The lowest BCUT2D eigenvalue weighted by atomic mass is 10.1. The Morgan fingerprint density at radius 1 is 0.313 bits per heavy atom. The zero-order chi connectivity index (χ0) is 44.6. The van der Waals surface area contributed by atoms with Crippen molar-refractivity contribution in [3.8, 4) is 5.69 Å². The molecule has 6 heteroatoms. The fraction of sp³-hybridized carbons (Fsp3) is 0.0164. The first-order valence-corrected chi connectivity index (χ1v) is 36.7. The zero-order valence-electron chi connectivity index (χ0n) is 37.3. The molecule has 0 amide bonds. The quantitative estimate of drug-likeness (QED) is 0.134. The molecule has 0 saturated carbocycles. The van der Waals surface area contributed by atoms with E-state index in [9.17, 15) is 0 Å². The maximum Gasteiger partial charge on any atom is 0.120 e. The van der Waals surface area contributed by atoms with E-state index in [1.165, 1.54) is 47.7 Å². The van der Waals surface area contributed by atoms with Crippen LogP contribution in [0.25, 0.3) is 47.7 Å². The summed E-state index contributed by atoms with van der Waals surface area (Å²) in [6.07, 6.45) is 0. The predicted molar refractivity (Wildman–Crippen MR) is 299 cm³/mol. The molecule has 0 bridgehead atoms. The highest BCUT2D eigenvalue weighted by atomic mass is 32.1. The summed E-state index contributed by atoms with van der Waals surface area (Å²) in [6.45, 7) is 2.88. The van der Waals surface area contributed by atoms with E-state index < -0.39 is 28.4 Å². The van der Waals surface area contributed by atoms with Crippen LogP contribution in [0.3, 0.4) is 0 Å². The second-order valence-electron chi connectivity index (χ2n) is 18.4. The highest BCUT2D eigenvalue weighted by Gasteiger charge is 2.92. The van der Waals surface area contributed by atoms with E-state index in [2.05, 4.69) is 278 Å². The van der Waals surface area contributed by atoms with Crippen LogP contribution in [0.4, 0.5) is 0 Å². The predicted octanol–water partition coefficient (Wildman–Crippen LogP) is 10.6. The third kappa shape index (κ3) is 5.22. The van der Waals surface area contributed by atoms with Crippen molar-refractivity contribution in [2.45, 2.75) is 6.55 Å². The lowest BCUT2D eigenvalue weighted by Crippen LogP contribution is -3.23. The smallest absolute Gasteiger partial charge is 0.120 e. The van der Waals surface area contributed by atoms with Crippen molar-refractivity contribution in [2.75, 3.05) is 0 Å². The molecule has 0 N–H and O–H groups in total. The fourth-order valence-electron chi connectivity index (χ4n) is 13.7. The van der Waals surface area contributed by atoms with Gasteiger partial charge in [0.25, 0.3) is 0 Å². The maximum atomic E-state index is 2.88. The van der Waals surface area contributed by atoms with Gasteiger partial charge in [0.2, 0.25) is 0 Å². The van der Waals surface area contributed by atoms with E-state index >= 15 is 0 Å². The van der Waals surface area contributed by atoms with Crippen LogP contribution in [-0.2, 0) is 0 Å². The van der Waals surface area contributed by atoms with Gasteiger partial charge in [-0.25, -0.2) is 0 Å². The molecule has 0 atom stereocenters. The van der Waals surface area contributed by atoms with Gasteiger partial charge in [-0.15, -0.1) is 11.3 Å². The van der Waals surface area contributed by atoms with Gasteiger partial charge >= 0.3 is 0 Å². The van der Waals surface area contributed by atoms with E-state index in [0.717, 1.165) is 0 Å². The summed E-state index contributed by atoms with van der Waals surface area (Å²) >= 11 is 1.93. The highest BCUT2D eigenvalue weighted by Crippen LogP contribution is 2.51. The van der Waals surface area contributed by atoms with E-state index in [1.54, 1.807) is 36.3 Å². The van der Waals surface area contributed by atoms with Gasteiger partial charge in [-0.1, -0.05) is 279 Å². The first-order chi connectivity index (χ1) is 33.2.